The summed E-state index contributed by atoms with van der Waals surface area (Å²) < 4.78 is 1.16. The van der Waals surface area contributed by atoms with Crippen molar-refractivity contribution in [3.8, 4) is 0 Å². The highest BCUT2D eigenvalue weighted by molar-refractivity contribution is 9.10. The number of nitrogens with zero attached hydrogens (tertiary/aromatic N) is 1. The summed E-state index contributed by atoms with van der Waals surface area (Å²) >= 11 is 3.62. The van der Waals surface area contributed by atoms with Crippen molar-refractivity contribution in [3.05, 3.63) is 28.2 Å². The summed E-state index contributed by atoms with van der Waals surface area (Å²) in [6, 6.07) is 7.00. The highest BCUT2D eigenvalue weighted by atomic mass is 79.9. The van der Waals surface area contributed by atoms with Crippen LogP contribution in [0.1, 0.15) is 52.1 Å². The van der Waals surface area contributed by atoms with E-state index < -0.39 is 0 Å². The maximum absolute atomic E-state index is 3.62. The topological polar surface area (TPSA) is 15.3 Å². The number of hydrogen-bond acceptors (Lipinski definition) is 2. The smallest absolute Gasteiger partial charge is 0.0425 e. The van der Waals surface area contributed by atoms with Crippen LogP contribution in [-0.4, -0.2) is 20.1 Å². The monoisotopic (exact) mass is 340 g/mol. The average molecular weight is 341 g/mol. The molecule has 20 heavy (non-hydrogen) atoms. The summed E-state index contributed by atoms with van der Waals surface area (Å²) in [7, 11) is 2.02. The number of rotatable bonds is 8. The van der Waals surface area contributed by atoms with Crippen molar-refractivity contribution in [1.29, 1.82) is 0 Å². The predicted molar refractivity (Wildman–Crippen MR) is 93.6 cm³/mol. The SMILES string of the molecule is CCC(CC)CN(CC)c1cc(Br)ccc1C(C)NC. The highest BCUT2D eigenvalue weighted by Crippen LogP contribution is 2.30. The Bertz CT molecular complexity index is 402. The molecule has 114 valence electrons. The zero-order valence-electron chi connectivity index (χ0n) is 13.5. The van der Waals surface area contributed by atoms with Crippen LogP contribution in [0.5, 0.6) is 0 Å². The normalized spacial score (nSPS) is 12.8. The van der Waals surface area contributed by atoms with E-state index in [0.29, 0.717) is 6.04 Å². The molecule has 0 saturated heterocycles. The Balaban J connectivity index is 3.09. The minimum atomic E-state index is 0.369. The van der Waals surface area contributed by atoms with Gasteiger partial charge in [-0.2, -0.15) is 0 Å². The fraction of sp³-hybridized carbons (Fsp3) is 0.647. The molecular weight excluding hydrogens is 312 g/mol. The summed E-state index contributed by atoms with van der Waals surface area (Å²) in [5.41, 5.74) is 2.74. The second kappa shape index (κ2) is 8.68. The molecule has 0 amide bonds. The molecule has 0 aliphatic rings. The van der Waals surface area contributed by atoms with Crippen LogP contribution in [0.3, 0.4) is 0 Å². The Morgan fingerprint density at radius 3 is 2.35 bits per heavy atom. The van der Waals surface area contributed by atoms with E-state index in [9.17, 15) is 0 Å². The number of nitrogens with one attached hydrogen (secondary N) is 1. The minimum Gasteiger partial charge on any atom is -0.371 e. The van der Waals surface area contributed by atoms with Gasteiger partial charge >= 0.3 is 0 Å². The summed E-state index contributed by atoms with van der Waals surface area (Å²) in [4.78, 5) is 2.52. The van der Waals surface area contributed by atoms with Gasteiger partial charge in [0, 0.05) is 29.3 Å². The van der Waals surface area contributed by atoms with Gasteiger partial charge in [-0.15, -0.1) is 0 Å². The Morgan fingerprint density at radius 1 is 1.20 bits per heavy atom. The Labute approximate surface area is 133 Å². The summed E-state index contributed by atoms with van der Waals surface area (Å²) in [6.07, 6.45) is 2.50. The third-order valence-corrected chi connectivity index (χ3v) is 4.74. The second-order valence-corrected chi connectivity index (χ2v) is 6.35. The first-order chi connectivity index (χ1) is 9.57. The van der Waals surface area contributed by atoms with Crippen molar-refractivity contribution in [3.63, 3.8) is 0 Å². The molecule has 1 unspecified atom stereocenters. The first-order valence-electron chi connectivity index (χ1n) is 7.78. The number of halogens is 1. The van der Waals surface area contributed by atoms with E-state index in [-0.39, 0.29) is 0 Å². The third-order valence-electron chi connectivity index (χ3n) is 4.25. The molecule has 0 spiro atoms. The molecule has 1 atom stereocenters. The van der Waals surface area contributed by atoms with Gasteiger partial charge in [0.05, 0.1) is 0 Å². The molecule has 0 fully saturated rings. The van der Waals surface area contributed by atoms with Crippen LogP contribution >= 0.6 is 15.9 Å². The molecule has 0 bridgehead atoms. The molecule has 0 radical (unpaired) electrons. The Kier molecular flexibility index (Phi) is 7.60. The molecule has 1 aromatic rings. The molecule has 3 heteroatoms. The van der Waals surface area contributed by atoms with Crippen LogP contribution in [0.4, 0.5) is 5.69 Å². The van der Waals surface area contributed by atoms with Crippen LogP contribution in [0.25, 0.3) is 0 Å². The first-order valence-corrected chi connectivity index (χ1v) is 8.58. The molecule has 0 saturated carbocycles. The van der Waals surface area contributed by atoms with Crippen LogP contribution in [0.15, 0.2) is 22.7 Å². The van der Waals surface area contributed by atoms with Crippen molar-refractivity contribution < 1.29 is 0 Å². The van der Waals surface area contributed by atoms with Gasteiger partial charge in [-0.1, -0.05) is 48.7 Å². The molecule has 0 aliphatic heterocycles. The largest absolute Gasteiger partial charge is 0.371 e. The quantitative estimate of drug-likeness (QED) is 0.716. The zero-order valence-corrected chi connectivity index (χ0v) is 15.1. The average Bonchev–Trinajstić information content (AvgIpc) is 2.48. The number of anilines is 1. The second-order valence-electron chi connectivity index (χ2n) is 5.43. The minimum absolute atomic E-state index is 0.369. The van der Waals surface area contributed by atoms with E-state index in [4.69, 9.17) is 0 Å². The van der Waals surface area contributed by atoms with Gasteiger partial charge in [0.25, 0.3) is 0 Å². The lowest BCUT2D eigenvalue weighted by atomic mass is 10.0. The fourth-order valence-electron chi connectivity index (χ4n) is 2.57. The standard InChI is InChI=1S/C17H29BrN2/c1-6-14(7-2)12-20(8-3)17-11-15(18)9-10-16(17)13(4)19-5/h9-11,13-14,19H,6-8,12H2,1-5H3. The Hall–Kier alpha value is -0.540. The lowest BCUT2D eigenvalue weighted by molar-refractivity contribution is 0.484. The van der Waals surface area contributed by atoms with Gasteiger partial charge in [-0.05, 0) is 44.5 Å². The molecule has 1 N–H and O–H groups in total. The molecule has 1 aromatic carbocycles. The number of benzene rings is 1. The molecule has 0 aromatic heterocycles. The van der Waals surface area contributed by atoms with Gasteiger partial charge in [-0.3, -0.25) is 0 Å². The lowest BCUT2D eigenvalue weighted by Crippen LogP contribution is -2.30. The molecule has 0 heterocycles. The molecular formula is C17H29BrN2. The van der Waals surface area contributed by atoms with Crippen molar-refractivity contribution in [1.82, 2.24) is 5.32 Å². The maximum Gasteiger partial charge on any atom is 0.0425 e. The van der Waals surface area contributed by atoms with E-state index in [1.807, 2.05) is 7.05 Å². The summed E-state index contributed by atoms with van der Waals surface area (Å²) in [5, 5.41) is 3.36. The van der Waals surface area contributed by atoms with Crippen LogP contribution in [-0.2, 0) is 0 Å². The van der Waals surface area contributed by atoms with Crippen molar-refractivity contribution >= 4 is 21.6 Å². The molecule has 0 aliphatic carbocycles. The predicted octanol–water partition coefficient (Wildman–Crippen LogP) is 4.99. The third kappa shape index (κ3) is 4.49. The molecule has 2 nitrogen and oxygen atoms in total. The van der Waals surface area contributed by atoms with Gasteiger partial charge < -0.3 is 10.2 Å². The van der Waals surface area contributed by atoms with E-state index >= 15 is 0 Å². The fourth-order valence-corrected chi connectivity index (χ4v) is 2.92. The van der Waals surface area contributed by atoms with Gasteiger partial charge in [0.2, 0.25) is 0 Å². The first kappa shape index (κ1) is 17.5. The van der Waals surface area contributed by atoms with E-state index in [1.54, 1.807) is 0 Å². The lowest BCUT2D eigenvalue weighted by Gasteiger charge is -2.31. The van der Waals surface area contributed by atoms with Crippen molar-refractivity contribution in [2.75, 3.05) is 25.0 Å². The van der Waals surface area contributed by atoms with Crippen LogP contribution in [0.2, 0.25) is 0 Å². The highest BCUT2D eigenvalue weighted by Gasteiger charge is 2.17. The van der Waals surface area contributed by atoms with Crippen molar-refractivity contribution in [2.24, 2.45) is 5.92 Å². The van der Waals surface area contributed by atoms with Gasteiger partial charge in [0.1, 0.15) is 0 Å². The zero-order chi connectivity index (χ0) is 15.1. The van der Waals surface area contributed by atoms with Crippen LogP contribution in [0, 0.1) is 5.92 Å². The van der Waals surface area contributed by atoms with E-state index in [2.05, 4.69) is 72.0 Å². The van der Waals surface area contributed by atoms with Gasteiger partial charge in [-0.25, -0.2) is 0 Å². The summed E-state index contributed by atoms with van der Waals surface area (Å²) in [5.74, 6) is 0.770. The Morgan fingerprint density at radius 2 is 1.85 bits per heavy atom. The van der Waals surface area contributed by atoms with E-state index in [0.717, 1.165) is 23.5 Å². The van der Waals surface area contributed by atoms with Crippen molar-refractivity contribution in [2.45, 2.75) is 46.6 Å². The van der Waals surface area contributed by atoms with Gasteiger partial charge in [0.15, 0.2) is 0 Å². The maximum atomic E-state index is 3.62. The summed E-state index contributed by atoms with van der Waals surface area (Å²) in [6.45, 7) is 11.2. The van der Waals surface area contributed by atoms with Crippen LogP contribution < -0.4 is 10.2 Å². The molecule has 1 rings (SSSR count). The number of hydrogen-bond donors (Lipinski definition) is 1. The van der Waals surface area contributed by atoms with E-state index in [1.165, 1.54) is 24.1 Å².